The first kappa shape index (κ1) is 17.4. The van der Waals surface area contributed by atoms with Gasteiger partial charge in [0.1, 0.15) is 6.29 Å². The molecule has 2 nitrogen and oxygen atoms in total. The van der Waals surface area contributed by atoms with Gasteiger partial charge in [-0.3, -0.25) is 0 Å². The second-order valence-electron chi connectivity index (χ2n) is 4.75. The van der Waals surface area contributed by atoms with Gasteiger partial charge in [-0.1, -0.05) is 63.3 Å². The molecule has 0 radical (unpaired) electrons. The number of carbonyl (C=O) groups excluding carboxylic acids is 1. The second kappa shape index (κ2) is 10.4. The van der Waals surface area contributed by atoms with Crippen molar-refractivity contribution in [3.05, 3.63) is 48.7 Å². The Hall–Kier alpha value is -1.57. The third kappa shape index (κ3) is 7.45. The van der Waals surface area contributed by atoms with E-state index in [9.17, 15) is 4.79 Å². The van der Waals surface area contributed by atoms with Crippen molar-refractivity contribution in [3.8, 4) is 0 Å². The summed E-state index contributed by atoms with van der Waals surface area (Å²) in [6.07, 6.45) is 11.5. The van der Waals surface area contributed by atoms with Crippen LogP contribution in [0.1, 0.15) is 40.0 Å². The van der Waals surface area contributed by atoms with Crippen LogP contribution in [0.25, 0.3) is 0 Å². The standard InChI is InChI=1S/C17H27NO/c1-6-9-10-16(8-3)12-11-15(5)18-17(13-19)14(4)7-2/h6,8-10,13-14,17-18H,1,5,7,11-12H2,2-4H3/b10-9-,16-8+. The summed E-state index contributed by atoms with van der Waals surface area (Å²) >= 11 is 0. The van der Waals surface area contributed by atoms with E-state index in [1.165, 1.54) is 5.57 Å². The van der Waals surface area contributed by atoms with E-state index in [4.69, 9.17) is 0 Å². The van der Waals surface area contributed by atoms with Gasteiger partial charge in [0.2, 0.25) is 0 Å². The van der Waals surface area contributed by atoms with Crippen molar-refractivity contribution >= 4 is 6.29 Å². The van der Waals surface area contributed by atoms with Gasteiger partial charge >= 0.3 is 0 Å². The zero-order valence-corrected chi connectivity index (χ0v) is 12.5. The fourth-order valence-electron chi connectivity index (χ4n) is 1.68. The van der Waals surface area contributed by atoms with Gasteiger partial charge < -0.3 is 10.1 Å². The molecule has 0 saturated carbocycles. The molecule has 2 heteroatoms. The molecule has 0 aromatic rings. The SMILES string of the molecule is C=C/C=C\C(=C/C)CCC(=C)NC(C=O)C(C)CC. The number of allylic oxidation sites excluding steroid dienone is 6. The van der Waals surface area contributed by atoms with E-state index in [0.29, 0.717) is 5.92 Å². The van der Waals surface area contributed by atoms with Gasteiger partial charge in [-0.15, -0.1) is 0 Å². The number of carbonyl (C=O) groups is 1. The fourth-order valence-corrected chi connectivity index (χ4v) is 1.68. The van der Waals surface area contributed by atoms with E-state index >= 15 is 0 Å². The smallest absolute Gasteiger partial charge is 0.142 e. The Kier molecular flexibility index (Phi) is 9.51. The molecule has 106 valence electrons. The molecule has 0 saturated heterocycles. The summed E-state index contributed by atoms with van der Waals surface area (Å²) in [6, 6.07) is -0.129. The summed E-state index contributed by atoms with van der Waals surface area (Å²) in [5.41, 5.74) is 2.16. The first-order valence-corrected chi connectivity index (χ1v) is 6.92. The van der Waals surface area contributed by atoms with Gasteiger partial charge in [0, 0.05) is 5.70 Å². The molecule has 0 aliphatic carbocycles. The summed E-state index contributed by atoms with van der Waals surface area (Å²) in [4.78, 5) is 11.0. The van der Waals surface area contributed by atoms with Gasteiger partial charge in [0.15, 0.2) is 0 Å². The van der Waals surface area contributed by atoms with Crippen molar-refractivity contribution in [2.24, 2.45) is 5.92 Å². The van der Waals surface area contributed by atoms with Crippen molar-refractivity contribution < 1.29 is 4.79 Å². The van der Waals surface area contributed by atoms with Crippen LogP contribution in [0, 0.1) is 5.92 Å². The Bertz CT molecular complexity index is 352. The van der Waals surface area contributed by atoms with Crippen LogP contribution in [0.2, 0.25) is 0 Å². The maximum absolute atomic E-state index is 11.0. The van der Waals surface area contributed by atoms with E-state index in [1.807, 2.05) is 19.1 Å². The Morgan fingerprint density at radius 3 is 2.53 bits per heavy atom. The Balaban J connectivity index is 4.27. The van der Waals surface area contributed by atoms with Gasteiger partial charge in [0.05, 0.1) is 6.04 Å². The van der Waals surface area contributed by atoms with Crippen LogP contribution in [0.15, 0.2) is 48.7 Å². The zero-order chi connectivity index (χ0) is 14.7. The lowest BCUT2D eigenvalue weighted by atomic mass is 9.99. The Labute approximate surface area is 118 Å². The highest BCUT2D eigenvalue weighted by atomic mass is 16.1. The van der Waals surface area contributed by atoms with Crippen molar-refractivity contribution in [1.82, 2.24) is 5.32 Å². The van der Waals surface area contributed by atoms with Crippen LogP contribution in [-0.2, 0) is 4.79 Å². The lowest BCUT2D eigenvalue weighted by Gasteiger charge is -2.21. The highest BCUT2D eigenvalue weighted by molar-refractivity contribution is 5.58. The average molecular weight is 261 g/mol. The van der Waals surface area contributed by atoms with Crippen LogP contribution in [0.5, 0.6) is 0 Å². The molecule has 0 amide bonds. The van der Waals surface area contributed by atoms with Crippen LogP contribution >= 0.6 is 0 Å². The highest BCUT2D eigenvalue weighted by Gasteiger charge is 2.14. The van der Waals surface area contributed by atoms with Crippen molar-refractivity contribution in [2.45, 2.75) is 46.1 Å². The lowest BCUT2D eigenvalue weighted by Crippen LogP contribution is -2.35. The number of rotatable bonds is 10. The van der Waals surface area contributed by atoms with Crippen LogP contribution in [0.3, 0.4) is 0 Å². The van der Waals surface area contributed by atoms with Gasteiger partial charge in [-0.25, -0.2) is 0 Å². The number of aldehydes is 1. The number of hydrogen-bond donors (Lipinski definition) is 1. The van der Waals surface area contributed by atoms with Gasteiger partial charge in [0.25, 0.3) is 0 Å². The minimum Gasteiger partial charge on any atom is -0.379 e. The molecule has 0 fully saturated rings. The number of nitrogens with one attached hydrogen (secondary N) is 1. The van der Waals surface area contributed by atoms with E-state index in [-0.39, 0.29) is 6.04 Å². The molecule has 2 unspecified atom stereocenters. The molecule has 0 heterocycles. The quantitative estimate of drug-likeness (QED) is 0.472. The first-order chi connectivity index (χ1) is 9.08. The minimum atomic E-state index is -0.129. The monoisotopic (exact) mass is 261 g/mol. The molecule has 0 bridgehead atoms. The van der Waals surface area contributed by atoms with E-state index in [2.05, 4.69) is 38.4 Å². The Morgan fingerprint density at radius 2 is 2.05 bits per heavy atom. The van der Waals surface area contributed by atoms with Crippen LogP contribution in [-0.4, -0.2) is 12.3 Å². The zero-order valence-electron chi connectivity index (χ0n) is 12.5. The van der Waals surface area contributed by atoms with Gasteiger partial charge in [-0.05, 0) is 25.7 Å². The molecule has 0 aromatic carbocycles. The minimum absolute atomic E-state index is 0.129. The van der Waals surface area contributed by atoms with E-state index in [1.54, 1.807) is 6.08 Å². The normalized spacial score (nSPS) is 15.0. The summed E-state index contributed by atoms with van der Waals surface area (Å²) in [7, 11) is 0. The molecule has 19 heavy (non-hydrogen) atoms. The van der Waals surface area contributed by atoms with Crippen molar-refractivity contribution in [3.63, 3.8) is 0 Å². The van der Waals surface area contributed by atoms with E-state index in [0.717, 1.165) is 31.2 Å². The predicted octanol–water partition coefficient (Wildman–Crippen LogP) is 4.17. The fraction of sp³-hybridized carbons (Fsp3) is 0.471. The summed E-state index contributed by atoms with van der Waals surface area (Å²) < 4.78 is 0. The summed E-state index contributed by atoms with van der Waals surface area (Å²) in [6.45, 7) is 13.8. The molecule has 1 N–H and O–H groups in total. The average Bonchev–Trinajstić information content (AvgIpc) is 2.44. The third-order valence-electron chi connectivity index (χ3n) is 3.31. The van der Waals surface area contributed by atoms with E-state index < -0.39 is 0 Å². The molecule has 0 aliphatic heterocycles. The second-order valence-corrected chi connectivity index (χ2v) is 4.75. The Morgan fingerprint density at radius 1 is 1.37 bits per heavy atom. The van der Waals surface area contributed by atoms with Crippen molar-refractivity contribution in [2.75, 3.05) is 0 Å². The molecule has 2 atom stereocenters. The molecular formula is C17H27NO. The first-order valence-electron chi connectivity index (χ1n) is 6.92. The topological polar surface area (TPSA) is 29.1 Å². The lowest BCUT2D eigenvalue weighted by molar-refractivity contribution is -0.110. The molecule has 0 rings (SSSR count). The number of hydrogen-bond acceptors (Lipinski definition) is 2. The predicted molar refractivity (Wildman–Crippen MR) is 83.9 cm³/mol. The van der Waals surface area contributed by atoms with Crippen LogP contribution in [0.4, 0.5) is 0 Å². The van der Waals surface area contributed by atoms with Crippen molar-refractivity contribution in [1.29, 1.82) is 0 Å². The third-order valence-corrected chi connectivity index (χ3v) is 3.31. The molecular weight excluding hydrogens is 234 g/mol. The maximum Gasteiger partial charge on any atom is 0.142 e. The molecule has 0 spiro atoms. The molecule has 0 aliphatic rings. The largest absolute Gasteiger partial charge is 0.379 e. The maximum atomic E-state index is 11.0. The summed E-state index contributed by atoms with van der Waals surface area (Å²) in [5.74, 6) is 0.330. The van der Waals surface area contributed by atoms with Gasteiger partial charge in [-0.2, -0.15) is 0 Å². The highest BCUT2D eigenvalue weighted by Crippen LogP contribution is 2.13. The molecule has 0 aromatic heterocycles. The van der Waals surface area contributed by atoms with Crippen LogP contribution < -0.4 is 5.32 Å². The summed E-state index contributed by atoms with van der Waals surface area (Å²) in [5, 5.41) is 3.22.